The Bertz CT molecular complexity index is 785. The molecule has 0 aliphatic carbocycles. The maximum Gasteiger partial charge on any atom is 0.106 e. The molecule has 0 amide bonds. The molecule has 0 aliphatic rings. The molecule has 0 bridgehead atoms. The van der Waals surface area contributed by atoms with E-state index in [4.69, 9.17) is 11.0 Å². The average molecular weight is 266 g/mol. The highest BCUT2D eigenvalue weighted by Crippen LogP contribution is 2.31. The molecule has 1 heterocycles. The van der Waals surface area contributed by atoms with E-state index in [1.165, 1.54) is 0 Å². The predicted octanol–water partition coefficient (Wildman–Crippen LogP) is 3.49. The van der Waals surface area contributed by atoms with Gasteiger partial charge in [-0.1, -0.05) is 6.07 Å². The zero-order valence-corrected chi connectivity index (χ0v) is 10.7. The summed E-state index contributed by atoms with van der Waals surface area (Å²) >= 11 is 1.56. The van der Waals surface area contributed by atoms with Gasteiger partial charge < -0.3 is 11.1 Å². The molecule has 2 aromatic carbocycles. The van der Waals surface area contributed by atoms with Crippen LogP contribution in [0.4, 0.5) is 17.1 Å². The Morgan fingerprint density at radius 1 is 1.26 bits per heavy atom. The summed E-state index contributed by atoms with van der Waals surface area (Å²) in [7, 11) is 0. The number of aromatic nitrogens is 1. The van der Waals surface area contributed by atoms with Gasteiger partial charge in [-0.2, -0.15) is 5.26 Å². The number of anilines is 3. The first-order valence-corrected chi connectivity index (χ1v) is 6.55. The predicted molar refractivity (Wildman–Crippen MR) is 78.5 cm³/mol. The van der Waals surface area contributed by atoms with Gasteiger partial charge in [0.25, 0.3) is 0 Å². The standard InChI is InChI=1S/C14H10N4S/c15-7-9-2-1-3-10(6-9)18-11-4-5-12-14(13(11)16)17-8-19-12/h1-6,8,18H,16H2. The molecule has 0 saturated heterocycles. The molecule has 0 atom stereocenters. The van der Waals surface area contributed by atoms with Gasteiger partial charge >= 0.3 is 0 Å². The monoisotopic (exact) mass is 266 g/mol. The van der Waals surface area contributed by atoms with Crippen LogP contribution >= 0.6 is 11.3 Å². The lowest BCUT2D eigenvalue weighted by Crippen LogP contribution is -1.97. The van der Waals surface area contributed by atoms with E-state index in [2.05, 4.69) is 16.4 Å². The lowest BCUT2D eigenvalue weighted by molar-refractivity contribution is 1.47. The minimum absolute atomic E-state index is 0.610. The summed E-state index contributed by atoms with van der Waals surface area (Å²) in [6, 6.07) is 13.3. The number of rotatable bonds is 2. The lowest BCUT2D eigenvalue weighted by atomic mass is 10.2. The second-order valence-electron chi connectivity index (χ2n) is 4.04. The molecule has 4 nitrogen and oxygen atoms in total. The van der Waals surface area contributed by atoms with Crippen LogP contribution in [0.15, 0.2) is 41.9 Å². The van der Waals surface area contributed by atoms with Crippen LogP contribution in [0.2, 0.25) is 0 Å². The number of fused-ring (bicyclic) bond motifs is 1. The second kappa shape index (κ2) is 4.59. The summed E-state index contributed by atoms with van der Waals surface area (Å²) < 4.78 is 1.06. The van der Waals surface area contributed by atoms with E-state index in [0.29, 0.717) is 11.3 Å². The Balaban J connectivity index is 2.01. The van der Waals surface area contributed by atoms with Crippen molar-refractivity contribution in [2.24, 2.45) is 0 Å². The lowest BCUT2D eigenvalue weighted by Gasteiger charge is -2.09. The van der Waals surface area contributed by atoms with Crippen LogP contribution in [-0.2, 0) is 0 Å². The Labute approximate surface area is 114 Å². The number of nitrogens with one attached hydrogen (secondary N) is 1. The van der Waals surface area contributed by atoms with Crippen LogP contribution in [0, 0.1) is 11.3 Å². The van der Waals surface area contributed by atoms with Crippen LogP contribution in [0.1, 0.15) is 5.56 Å². The third-order valence-corrected chi connectivity index (χ3v) is 3.61. The molecular weight excluding hydrogens is 256 g/mol. The van der Waals surface area contributed by atoms with Crippen LogP contribution in [-0.4, -0.2) is 4.98 Å². The second-order valence-corrected chi connectivity index (χ2v) is 4.93. The van der Waals surface area contributed by atoms with E-state index in [1.54, 1.807) is 29.0 Å². The Kier molecular flexibility index (Phi) is 2.78. The Hall–Kier alpha value is -2.58. The van der Waals surface area contributed by atoms with Gasteiger partial charge in [-0.25, -0.2) is 4.98 Å². The third kappa shape index (κ3) is 2.09. The summed E-state index contributed by atoms with van der Waals surface area (Å²) in [5.74, 6) is 0. The van der Waals surface area contributed by atoms with Crippen molar-refractivity contribution >= 4 is 38.6 Å². The van der Waals surface area contributed by atoms with Crippen molar-refractivity contribution in [2.45, 2.75) is 0 Å². The molecule has 0 spiro atoms. The van der Waals surface area contributed by atoms with E-state index in [-0.39, 0.29) is 0 Å². The Morgan fingerprint density at radius 2 is 2.16 bits per heavy atom. The normalized spacial score (nSPS) is 10.3. The van der Waals surface area contributed by atoms with Crippen LogP contribution < -0.4 is 11.1 Å². The summed E-state index contributed by atoms with van der Waals surface area (Å²) in [6.07, 6.45) is 0. The van der Waals surface area contributed by atoms with Crippen LogP contribution in [0.25, 0.3) is 10.2 Å². The highest BCUT2D eigenvalue weighted by atomic mass is 32.1. The molecule has 19 heavy (non-hydrogen) atoms. The highest BCUT2D eigenvalue weighted by molar-refractivity contribution is 7.16. The van der Waals surface area contributed by atoms with Gasteiger partial charge in [0.15, 0.2) is 0 Å². The number of nitriles is 1. The highest BCUT2D eigenvalue weighted by Gasteiger charge is 2.07. The SMILES string of the molecule is N#Cc1cccc(Nc2ccc3scnc3c2N)c1. The van der Waals surface area contributed by atoms with Crippen molar-refractivity contribution in [2.75, 3.05) is 11.1 Å². The Morgan fingerprint density at radius 3 is 3.00 bits per heavy atom. The fourth-order valence-electron chi connectivity index (χ4n) is 1.88. The number of hydrogen-bond donors (Lipinski definition) is 2. The van der Waals surface area contributed by atoms with E-state index < -0.39 is 0 Å². The zero-order valence-electron chi connectivity index (χ0n) is 9.92. The van der Waals surface area contributed by atoms with Crippen LogP contribution in [0.3, 0.4) is 0 Å². The summed E-state index contributed by atoms with van der Waals surface area (Å²) in [5, 5.41) is 12.1. The number of nitrogens with two attached hydrogens (primary N) is 1. The molecular formula is C14H10N4S. The van der Waals surface area contributed by atoms with Crippen molar-refractivity contribution in [1.29, 1.82) is 5.26 Å². The van der Waals surface area contributed by atoms with E-state index >= 15 is 0 Å². The third-order valence-electron chi connectivity index (χ3n) is 2.81. The molecule has 1 aromatic heterocycles. The van der Waals surface area contributed by atoms with Crippen molar-refractivity contribution in [3.63, 3.8) is 0 Å². The van der Waals surface area contributed by atoms with Gasteiger partial charge in [0.2, 0.25) is 0 Å². The minimum Gasteiger partial charge on any atom is -0.395 e. The molecule has 3 N–H and O–H groups in total. The number of nitrogens with zero attached hydrogens (tertiary/aromatic N) is 2. The molecule has 0 saturated carbocycles. The van der Waals surface area contributed by atoms with Crippen molar-refractivity contribution in [3.8, 4) is 6.07 Å². The molecule has 5 heteroatoms. The van der Waals surface area contributed by atoms with Crippen LogP contribution in [0.5, 0.6) is 0 Å². The maximum absolute atomic E-state index is 8.89. The zero-order chi connectivity index (χ0) is 13.2. The van der Waals surface area contributed by atoms with Crippen molar-refractivity contribution in [3.05, 3.63) is 47.5 Å². The smallest absolute Gasteiger partial charge is 0.106 e. The summed E-state index contributed by atoms with van der Waals surface area (Å²) in [6.45, 7) is 0. The molecule has 0 radical (unpaired) electrons. The first-order chi connectivity index (χ1) is 9.28. The van der Waals surface area contributed by atoms with Gasteiger partial charge in [0.1, 0.15) is 5.52 Å². The van der Waals surface area contributed by atoms with E-state index in [1.807, 2.05) is 24.3 Å². The van der Waals surface area contributed by atoms with E-state index in [0.717, 1.165) is 21.6 Å². The number of benzene rings is 2. The molecule has 3 aromatic rings. The molecule has 92 valence electrons. The van der Waals surface area contributed by atoms with Crippen molar-refractivity contribution < 1.29 is 0 Å². The molecule has 0 unspecified atom stereocenters. The summed E-state index contributed by atoms with van der Waals surface area (Å²) in [5.41, 5.74) is 11.6. The van der Waals surface area contributed by atoms with Gasteiger partial charge in [-0.05, 0) is 30.3 Å². The molecule has 3 rings (SSSR count). The number of hydrogen-bond acceptors (Lipinski definition) is 5. The first kappa shape index (κ1) is 11.5. The van der Waals surface area contributed by atoms with Crippen molar-refractivity contribution in [1.82, 2.24) is 4.98 Å². The van der Waals surface area contributed by atoms with Gasteiger partial charge in [0, 0.05) is 5.69 Å². The maximum atomic E-state index is 8.89. The van der Waals surface area contributed by atoms with Gasteiger partial charge in [0.05, 0.1) is 33.2 Å². The first-order valence-electron chi connectivity index (χ1n) is 5.67. The van der Waals surface area contributed by atoms with Gasteiger partial charge in [-0.15, -0.1) is 11.3 Å². The van der Waals surface area contributed by atoms with Gasteiger partial charge in [-0.3, -0.25) is 0 Å². The number of nitrogen functional groups attached to an aromatic ring is 1. The quantitative estimate of drug-likeness (QED) is 0.696. The minimum atomic E-state index is 0.610. The summed E-state index contributed by atoms with van der Waals surface area (Å²) in [4.78, 5) is 4.26. The topological polar surface area (TPSA) is 74.7 Å². The largest absolute Gasteiger partial charge is 0.395 e. The fraction of sp³-hybridized carbons (Fsp3) is 0. The fourth-order valence-corrected chi connectivity index (χ4v) is 2.58. The number of thiazole rings is 1. The average Bonchev–Trinajstić information content (AvgIpc) is 2.91. The molecule has 0 fully saturated rings. The molecule has 0 aliphatic heterocycles. The van der Waals surface area contributed by atoms with E-state index in [9.17, 15) is 0 Å².